The smallest absolute Gasteiger partial charge is 0.127 e. The molecule has 2 nitrogen and oxygen atoms in total. The standard InChI is InChI=1S/C19H23F2NOSi/c1-23-16-6-5-14-12-22(8-7-13(14)9-16)15-10-17(20)19(18(21)11-15)24(2,3)4/h5-6,9-11H,7-8,12H2,1-4H3. The third kappa shape index (κ3) is 3.18. The van der Waals surface area contributed by atoms with E-state index >= 15 is 0 Å². The number of halogens is 2. The molecular weight excluding hydrogens is 324 g/mol. The van der Waals surface area contributed by atoms with E-state index in [4.69, 9.17) is 4.74 Å². The van der Waals surface area contributed by atoms with Gasteiger partial charge in [-0.2, -0.15) is 0 Å². The van der Waals surface area contributed by atoms with Crippen LogP contribution in [0.2, 0.25) is 19.6 Å². The quantitative estimate of drug-likeness (QED) is 0.776. The van der Waals surface area contributed by atoms with Crippen LogP contribution >= 0.6 is 0 Å². The highest BCUT2D eigenvalue weighted by Crippen LogP contribution is 2.28. The Hall–Kier alpha value is -1.88. The van der Waals surface area contributed by atoms with E-state index in [2.05, 4.69) is 0 Å². The number of benzene rings is 2. The van der Waals surface area contributed by atoms with Gasteiger partial charge in [0.15, 0.2) is 0 Å². The lowest BCUT2D eigenvalue weighted by molar-refractivity contribution is 0.414. The Morgan fingerprint density at radius 3 is 2.25 bits per heavy atom. The van der Waals surface area contributed by atoms with E-state index in [1.807, 2.05) is 42.7 Å². The number of nitrogens with zero attached hydrogens (tertiary/aromatic N) is 1. The first kappa shape index (κ1) is 17.0. The fourth-order valence-corrected chi connectivity index (χ4v) is 4.91. The van der Waals surface area contributed by atoms with Crippen molar-refractivity contribution in [2.45, 2.75) is 32.6 Å². The summed E-state index contributed by atoms with van der Waals surface area (Å²) in [5.74, 6) is 0.0215. The molecule has 2 aromatic rings. The minimum atomic E-state index is -2.05. The van der Waals surface area contributed by atoms with E-state index in [9.17, 15) is 8.78 Å². The predicted molar refractivity (Wildman–Crippen MR) is 97.1 cm³/mol. The minimum Gasteiger partial charge on any atom is -0.497 e. The van der Waals surface area contributed by atoms with Crippen molar-refractivity contribution in [2.75, 3.05) is 18.6 Å². The van der Waals surface area contributed by atoms with Gasteiger partial charge in [-0.1, -0.05) is 25.7 Å². The normalized spacial score (nSPS) is 14.5. The molecule has 0 unspecified atom stereocenters. The van der Waals surface area contributed by atoms with Crippen molar-refractivity contribution in [3.63, 3.8) is 0 Å². The summed E-state index contributed by atoms with van der Waals surface area (Å²) in [5, 5.41) is 0.286. The fourth-order valence-electron chi connectivity index (χ4n) is 3.34. The predicted octanol–water partition coefficient (Wildman–Crippen LogP) is 4.08. The van der Waals surface area contributed by atoms with Gasteiger partial charge in [-0.15, -0.1) is 0 Å². The summed E-state index contributed by atoms with van der Waals surface area (Å²) >= 11 is 0. The Morgan fingerprint density at radius 1 is 1.00 bits per heavy atom. The molecule has 24 heavy (non-hydrogen) atoms. The lowest BCUT2D eigenvalue weighted by Gasteiger charge is -2.31. The van der Waals surface area contributed by atoms with Crippen LogP contribution in [0.4, 0.5) is 14.5 Å². The van der Waals surface area contributed by atoms with Crippen LogP contribution in [0.5, 0.6) is 5.75 Å². The number of methoxy groups -OCH3 is 1. The highest BCUT2D eigenvalue weighted by atomic mass is 28.3. The summed E-state index contributed by atoms with van der Waals surface area (Å²) in [4.78, 5) is 2.04. The molecule has 1 aliphatic rings. The molecule has 0 aromatic heterocycles. The van der Waals surface area contributed by atoms with Crippen LogP contribution in [0.15, 0.2) is 30.3 Å². The van der Waals surface area contributed by atoms with Gasteiger partial charge in [0, 0.05) is 24.0 Å². The molecule has 0 saturated carbocycles. The Labute approximate surface area is 143 Å². The first-order valence-corrected chi connectivity index (χ1v) is 11.7. The summed E-state index contributed by atoms with van der Waals surface area (Å²) < 4.78 is 34.3. The maximum atomic E-state index is 14.5. The van der Waals surface area contributed by atoms with Gasteiger partial charge < -0.3 is 9.64 Å². The fraction of sp³-hybridized carbons (Fsp3) is 0.368. The SMILES string of the molecule is COc1ccc2c(c1)CCN(c1cc(F)c([Si](C)(C)C)c(F)c1)C2. The molecule has 0 bridgehead atoms. The molecule has 0 spiro atoms. The average Bonchev–Trinajstić information content (AvgIpc) is 2.51. The molecular formula is C19H23F2NOSi. The van der Waals surface area contributed by atoms with Crippen molar-refractivity contribution < 1.29 is 13.5 Å². The summed E-state index contributed by atoms with van der Waals surface area (Å²) in [6, 6.07) is 8.99. The van der Waals surface area contributed by atoms with E-state index < -0.39 is 19.7 Å². The van der Waals surface area contributed by atoms with E-state index in [1.54, 1.807) is 7.11 Å². The zero-order valence-electron chi connectivity index (χ0n) is 14.6. The molecule has 0 saturated heterocycles. The highest BCUT2D eigenvalue weighted by molar-refractivity contribution is 6.88. The Bertz CT molecular complexity index is 747. The maximum absolute atomic E-state index is 14.5. The van der Waals surface area contributed by atoms with Gasteiger partial charge in [-0.3, -0.25) is 0 Å². The van der Waals surface area contributed by atoms with Gasteiger partial charge in [0.2, 0.25) is 0 Å². The number of ether oxygens (including phenoxy) is 1. The molecule has 0 N–H and O–H groups in total. The van der Waals surface area contributed by atoms with Gasteiger partial charge >= 0.3 is 0 Å². The van der Waals surface area contributed by atoms with Gasteiger partial charge in [0.05, 0.1) is 15.2 Å². The number of rotatable bonds is 3. The first-order chi connectivity index (χ1) is 11.3. The highest BCUT2D eigenvalue weighted by Gasteiger charge is 2.27. The second-order valence-electron chi connectivity index (χ2n) is 7.34. The van der Waals surface area contributed by atoms with Gasteiger partial charge in [-0.25, -0.2) is 8.78 Å². The van der Waals surface area contributed by atoms with Crippen LogP contribution in [0.25, 0.3) is 0 Å². The second-order valence-corrected chi connectivity index (χ2v) is 12.3. The molecule has 0 radical (unpaired) electrons. The van der Waals surface area contributed by atoms with E-state index in [0.717, 1.165) is 18.7 Å². The molecule has 0 atom stereocenters. The molecule has 0 fully saturated rings. The molecule has 3 rings (SSSR count). The van der Waals surface area contributed by atoms with E-state index in [1.165, 1.54) is 23.3 Å². The third-order valence-electron chi connectivity index (χ3n) is 4.57. The summed E-state index contributed by atoms with van der Waals surface area (Å²) in [6.45, 7) is 7.27. The topological polar surface area (TPSA) is 12.5 Å². The van der Waals surface area contributed by atoms with Crippen LogP contribution in [-0.2, 0) is 13.0 Å². The zero-order chi connectivity index (χ0) is 17.5. The molecule has 2 aromatic carbocycles. The van der Waals surface area contributed by atoms with E-state index in [-0.39, 0.29) is 5.19 Å². The van der Waals surface area contributed by atoms with E-state index in [0.29, 0.717) is 12.2 Å². The summed E-state index contributed by atoms with van der Waals surface area (Å²) in [7, 11) is -0.390. The van der Waals surface area contributed by atoms with Crippen molar-refractivity contribution in [2.24, 2.45) is 0 Å². The molecule has 1 heterocycles. The molecule has 5 heteroatoms. The second kappa shape index (κ2) is 6.20. The van der Waals surface area contributed by atoms with Crippen molar-refractivity contribution in [3.8, 4) is 5.75 Å². The van der Waals surface area contributed by atoms with Crippen molar-refractivity contribution >= 4 is 18.9 Å². The lowest BCUT2D eigenvalue weighted by atomic mass is 9.99. The monoisotopic (exact) mass is 347 g/mol. The maximum Gasteiger partial charge on any atom is 0.127 e. The molecule has 128 valence electrons. The van der Waals surface area contributed by atoms with Crippen LogP contribution < -0.4 is 14.8 Å². The Morgan fingerprint density at radius 2 is 1.67 bits per heavy atom. The van der Waals surface area contributed by atoms with Gasteiger partial charge in [0.25, 0.3) is 0 Å². The van der Waals surface area contributed by atoms with Crippen molar-refractivity contribution in [3.05, 3.63) is 53.1 Å². The Balaban J connectivity index is 1.91. The van der Waals surface area contributed by atoms with Crippen molar-refractivity contribution in [1.29, 1.82) is 0 Å². The zero-order valence-corrected chi connectivity index (χ0v) is 15.6. The van der Waals surface area contributed by atoms with Crippen LogP contribution in [-0.4, -0.2) is 21.7 Å². The van der Waals surface area contributed by atoms with Crippen LogP contribution in [0.3, 0.4) is 0 Å². The number of hydrogen-bond acceptors (Lipinski definition) is 2. The lowest BCUT2D eigenvalue weighted by Crippen LogP contribution is -2.43. The van der Waals surface area contributed by atoms with Crippen LogP contribution in [0, 0.1) is 11.6 Å². The first-order valence-electron chi connectivity index (χ1n) is 8.20. The molecule has 0 amide bonds. The number of hydrogen-bond donors (Lipinski definition) is 0. The number of anilines is 1. The largest absolute Gasteiger partial charge is 0.497 e. The van der Waals surface area contributed by atoms with Crippen molar-refractivity contribution in [1.82, 2.24) is 0 Å². The van der Waals surface area contributed by atoms with Gasteiger partial charge in [-0.05, 0) is 41.8 Å². The minimum absolute atomic E-state index is 0.286. The van der Waals surface area contributed by atoms with Crippen LogP contribution in [0.1, 0.15) is 11.1 Å². The molecule has 1 aliphatic heterocycles. The Kier molecular flexibility index (Phi) is 4.38. The third-order valence-corrected chi connectivity index (χ3v) is 6.55. The average molecular weight is 347 g/mol. The van der Waals surface area contributed by atoms with Gasteiger partial charge in [0.1, 0.15) is 17.4 Å². The number of fused-ring (bicyclic) bond motifs is 1. The molecule has 0 aliphatic carbocycles. The summed E-state index contributed by atoms with van der Waals surface area (Å²) in [5.41, 5.74) is 3.04. The summed E-state index contributed by atoms with van der Waals surface area (Å²) in [6.07, 6.45) is 0.839.